The Hall–Kier alpha value is -2.82. The van der Waals surface area contributed by atoms with Crippen LogP contribution in [0.15, 0.2) is 48.5 Å². The van der Waals surface area contributed by atoms with Crippen molar-refractivity contribution >= 4 is 17.7 Å². The molecule has 0 unspecified atom stereocenters. The van der Waals surface area contributed by atoms with E-state index in [4.69, 9.17) is 5.11 Å². The minimum Gasteiger partial charge on any atom is -0.478 e. The number of carboxylic acids is 1. The maximum atomic E-state index is 11.8. The summed E-state index contributed by atoms with van der Waals surface area (Å²) in [5, 5.41) is 14.3. The Kier molecular flexibility index (Phi) is 5.14. The summed E-state index contributed by atoms with van der Waals surface area (Å²) in [6.07, 6.45) is 0.957. The van der Waals surface area contributed by atoms with Gasteiger partial charge < -0.3 is 15.7 Å². The van der Waals surface area contributed by atoms with Crippen LogP contribution in [-0.2, 0) is 13.0 Å². The highest BCUT2D eigenvalue weighted by molar-refractivity contribution is 5.89. The number of amides is 2. The van der Waals surface area contributed by atoms with E-state index in [-0.39, 0.29) is 11.6 Å². The Morgan fingerprint density at radius 2 is 1.55 bits per heavy atom. The summed E-state index contributed by atoms with van der Waals surface area (Å²) in [5.41, 5.74) is 3.01. The number of carbonyl (C=O) groups is 2. The molecule has 0 spiro atoms. The average Bonchev–Trinajstić information content (AvgIpc) is 2.54. The van der Waals surface area contributed by atoms with Crippen LogP contribution < -0.4 is 10.6 Å². The minimum atomic E-state index is -0.965. The lowest BCUT2D eigenvalue weighted by Gasteiger charge is -2.08. The summed E-state index contributed by atoms with van der Waals surface area (Å²) in [6, 6.07) is 13.8. The van der Waals surface area contributed by atoms with Crippen LogP contribution in [0.4, 0.5) is 10.5 Å². The van der Waals surface area contributed by atoms with Crippen molar-refractivity contribution < 1.29 is 14.7 Å². The summed E-state index contributed by atoms with van der Waals surface area (Å²) in [6.45, 7) is 2.41. The van der Waals surface area contributed by atoms with Crippen molar-refractivity contribution in [2.75, 3.05) is 5.32 Å². The summed E-state index contributed by atoms with van der Waals surface area (Å²) in [4.78, 5) is 22.5. The minimum absolute atomic E-state index is 0.226. The van der Waals surface area contributed by atoms with Gasteiger partial charge >= 0.3 is 12.0 Å². The lowest BCUT2D eigenvalue weighted by molar-refractivity contribution is 0.0697. The number of aryl methyl sites for hydroxylation is 1. The molecule has 0 bridgehead atoms. The summed E-state index contributed by atoms with van der Waals surface area (Å²) in [5.74, 6) is -0.965. The van der Waals surface area contributed by atoms with Crippen molar-refractivity contribution in [3.05, 3.63) is 65.2 Å². The number of hydrogen-bond donors (Lipinski definition) is 3. The van der Waals surface area contributed by atoms with Gasteiger partial charge in [0, 0.05) is 12.2 Å². The van der Waals surface area contributed by atoms with Gasteiger partial charge in [-0.25, -0.2) is 9.59 Å². The first kappa shape index (κ1) is 15.6. The Balaban J connectivity index is 1.85. The lowest BCUT2D eigenvalue weighted by Crippen LogP contribution is -2.28. The van der Waals surface area contributed by atoms with Crippen LogP contribution in [0.25, 0.3) is 0 Å². The second-order valence-corrected chi connectivity index (χ2v) is 4.86. The summed E-state index contributed by atoms with van der Waals surface area (Å²) in [7, 11) is 0. The topological polar surface area (TPSA) is 78.4 Å². The van der Waals surface area contributed by atoms with E-state index in [1.807, 2.05) is 24.3 Å². The number of nitrogens with one attached hydrogen (secondary N) is 2. The van der Waals surface area contributed by atoms with Crippen molar-refractivity contribution in [1.82, 2.24) is 5.32 Å². The second kappa shape index (κ2) is 7.26. The fourth-order valence-electron chi connectivity index (χ4n) is 1.95. The molecule has 0 atom stereocenters. The van der Waals surface area contributed by atoms with Crippen molar-refractivity contribution in [2.45, 2.75) is 19.9 Å². The lowest BCUT2D eigenvalue weighted by atomic mass is 10.1. The maximum Gasteiger partial charge on any atom is 0.335 e. The van der Waals surface area contributed by atoms with Gasteiger partial charge in [0.25, 0.3) is 0 Å². The predicted octanol–water partition coefficient (Wildman–Crippen LogP) is 3.27. The molecule has 0 fully saturated rings. The zero-order valence-electron chi connectivity index (χ0n) is 12.3. The van der Waals surface area contributed by atoms with Gasteiger partial charge in [-0.15, -0.1) is 0 Å². The zero-order chi connectivity index (χ0) is 15.9. The molecule has 0 saturated carbocycles. The molecule has 2 amide bonds. The van der Waals surface area contributed by atoms with Gasteiger partial charge in [0.05, 0.1) is 5.56 Å². The average molecular weight is 298 g/mol. The van der Waals surface area contributed by atoms with E-state index < -0.39 is 5.97 Å². The molecule has 5 heteroatoms. The van der Waals surface area contributed by atoms with E-state index in [0.717, 1.165) is 17.7 Å². The van der Waals surface area contributed by atoms with E-state index >= 15 is 0 Å². The molecule has 114 valence electrons. The Morgan fingerprint density at radius 1 is 0.955 bits per heavy atom. The Labute approximate surface area is 129 Å². The van der Waals surface area contributed by atoms with Crippen LogP contribution in [-0.4, -0.2) is 17.1 Å². The Bertz CT molecular complexity index is 649. The molecular weight excluding hydrogens is 280 g/mol. The number of rotatable bonds is 5. The number of hydrogen-bond acceptors (Lipinski definition) is 2. The molecule has 0 heterocycles. The molecule has 0 radical (unpaired) electrons. The van der Waals surface area contributed by atoms with Crippen LogP contribution in [0.3, 0.4) is 0 Å². The van der Waals surface area contributed by atoms with Gasteiger partial charge in [-0.05, 0) is 41.8 Å². The van der Waals surface area contributed by atoms with Crippen molar-refractivity contribution in [2.24, 2.45) is 0 Å². The molecule has 0 aliphatic rings. The summed E-state index contributed by atoms with van der Waals surface area (Å²) >= 11 is 0. The molecule has 22 heavy (non-hydrogen) atoms. The van der Waals surface area contributed by atoms with Gasteiger partial charge in [0.2, 0.25) is 0 Å². The van der Waals surface area contributed by atoms with Crippen LogP contribution in [0.1, 0.15) is 28.4 Å². The molecule has 2 aromatic carbocycles. The van der Waals surface area contributed by atoms with Gasteiger partial charge in [-0.3, -0.25) is 0 Å². The van der Waals surface area contributed by atoms with Crippen LogP contribution >= 0.6 is 0 Å². The van der Waals surface area contributed by atoms with Crippen LogP contribution in [0, 0.1) is 0 Å². The van der Waals surface area contributed by atoms with Gasteiger partial charge in [-0.1, -0.05) is 31.2 Å². The predicted molar refractivity (Wildman–Crippen MR) is 85.1 cm³/mol. The van der Waals surface area contributed by atoms with Crippen LogP contribution in [0.5, 0.6) is 0 Å². The van der Waals surface area contributed by atoms with Crippen molar-refractivity contribution in [3.8, 4) is 0 Å². The van der Waals surface area contributed by atoms with Crippen LogP contribution in [0.2, 0.25) is 0 Å². The van der Waals surface area contributed by atoms with E-state index in [2.05, 4.69) is 17.6 Å². The highest BCUT2D eigenvalue weighted by Gasteiger charge is 2.04. The zero-order valence-corrected chi connectivity index (χ0v) is 12.3. The first-order chi connectivity index (χ1) is 10.6. The normalized spacial score (nSPS) is 10.0. The third-order valence-electron chi connectivity index (χ3n) is 3.27. The first-order valence-corrected chi connectivity index (χ1v) is 7.04. The van der Waals surface area contributed by atoms with Crippen molar-refractivity contribution in [1.29, 1.82) is 0 Å². The largest absolute Gasteiger partial charge is 0.478 e. The van der Waals surface area contributed by atoms with E-state index in [1.54, 1.807) is 12.1 Å². The first-order valence-electron chi connectivity index (χ1n) is 7.04. The highest BCUT2D eigenvalue weighted by atomic mass is 16.4. The molecule has 0 aliphatic carbocycles. The molecule has 2 rings (SSSR count). The third-order valence-corrected chi connectivity index (χ3v) is 3.27. The molecule has 0 aliphatic heterocycles. The SMILES string of the molecule is CCc1ccc(NC(=O)NCc2ccc(C(=O)O)cc2)cc1. The molecule has 0 saturated heterocycles. The molecular formula is C17H18N2O3. The number of aromatic carboxylic acids is 1. The second-order valence-electron chi connectivity index (χ2n) is 4.86. The Morgan fingerprint density at radius 3 is 2.09 bits per heavy atom. The fourth-order valence-corrected chi connectivity index (χ4v) is 1.95. The molecule has 0 aromatic heterocycles. The van der Waals surface area contributed by atoms with E-state index in [1.165, 1.54) is 17.7 Å². The van der Waals surface area contributed by atoms with E-state index in [0.29, 0.717) is 6.54 Å². The number of urea groups is 1. The summed E-state index contributed by atoms with van der Waals surface area (Å²) < 4.78 is 0. The smallest absolute Gasteiger partial charge is 0.335 e. The van der Waals surface area contributed by atoms with Crippen molar-refractivity contribution in [3.63, 3.8) is 0 Å². The third kappa shape index (κ3) is 4.34. The fraction of sp³-hybridized carbons (Fsp3) is 0.176. The van der Waals surface area contributed by atoms with Gasteiger partial charge in [0.1, 0.15) is 0 Å². The molecule has 2 aromatic rings. The van der Waals surface area contributed by atoms with E-state index in [9.17, 15) is 9.59 Å². The van der Waals surface area contributed by atoms with Gasteiger partial charge in [-0.2, -0.15) is 0 Å². The monoisotopic (exact) mass is 298 g/mol. The number of carboxylic acid groups (broad SMARTS) is 1. The maximum absolute atomic E-state index is 11.8. The molecule has 5 nitrogen and oxygen atoms in total. The quantitative estimate of drug-likeness (QED) is 0.792. The highest BCUT2D eigenvalue weighted by Crippen LogP contribution is 2.10. The number of carbonyl (C=O) groups excluding carboxylic acids is 1. The number of anilines is 1. The standard InChI is InChI=1S/C17H18N2O3/c1-2-12-5-9-15(10-6-12)19-17(22)18-11-13-3-7-14(8-4-13)16(20)21/h3-10H,2,11H2,1H3,(H,20,21)(H2,18,19,22). The number of benzene rings is 2. The molecule has 3 N–H and O–H groups in total. The van der Waals surface area contributed by atoms with Gasteiger partial charge in [0.15, 0.2) is 0 Å².